The van der Waals surface area contributed by atoms with Gasteiger partial charge < -0.3 is 9.84 Å². The molecule has 48 valence electrons. The molecule has 0 aromatic carbocycles. The molecule has 1 rings (SSSR count). The van der Waals surface area contributed by atoms with E-state index in [-0.39, 0.29) is 5.76 Å². The van der Waals surface area contributed by atoms with Gasteiger partial charge in [-0.2, -0.15) is 0 Å². The van der Waals surface area contributed by atoms with Gasteiger partial charge in [0.25, 0.3) is 0 Å². The minimum atomic E-state index is -0.616. The summed E-state index contributed by atoms with van der Waals surface area (Å²) in [6.07, 6.45) is 3.98. The Morgan fingerprint density at radius 1 is 1.78 bits per heavy atom. The smallest absolute Gasteiger partial charge is 0.175 e. The standard InChI is InChI=1S/C6H6O3/c7-4-6-3-5(8)1-2-9-6/h1-4,6,8H. The highest BCUT2D eigenvalue weighted by Gasteiger charge is 2.06. The van der Waals surface area contributed by atoms with Crippen molar-refractivity contribution in [3.8, 4) is 0 Å². The van der Waals surface area contributed by atoms with Crippen LogP contribution in [0.25, 0.3) is 0 Å². The average molecular weight is 126 g/mol. The predicted octanol–water partition coefficient (Wildman–Crippen LogP) is 0.540. The zero-order valence-electron chi connectivity index (χ0n) is 4.65. The number of hydrogen-bond acceptors (Lipinski definition) is 3. The Hall–Kier alpha value is -1.25. The fraction of sp³-hybridized carbons (Fsp3) is 0.167. The molecule has 0 amide bonds. The second-order valence-electron chi connectivity index (χ2n) is 1.63. The molecule has 1 aliphatic heterocycles. The van der Waals surface area contributed by atoms with Crippen molar-refractivity contribution in [3.05, 3.63) is 24.2 Å². The van der Waals surface area contributed by atoms with Crippen molar-refractivity contribution in [2.75, 3.05) is 0 Å². The molecular weight excluding hydrogens is 120 g/mol. The normalized spacial score (nSPS) is 24.4. The molecule has 0 saturated heterocycles. The van der Waals surface area contributed by atoms with Crippen LogP contribution in [0.2, 0.25) is 0 Å². The molecule has 0 aromatic rings. The van der Waals surface area contributed by atoms with E-state index in [2.05, 4.69) is 0 Å². The van der Waals surface area contributed by atoms with E-state index in [1.165, 1.54) is 18.4 Å². The van der Waals surface area contributed by atoms with Gasteiger partial charge >= 0.3 is 0 Å². The van der Waals surface area contributed by atoms with Gasteiger partial charge in [0, 0.05) is 12.2 Å². The number of rotatable bonds is 1. The van der Waals surface area contributed by atoms with Crippen LogP contribution in [0.3, 0.4) is 0 Å². The maximum absolute atomic E-state index is 9.99. The first-order valence-corrected chi connectivity index (χ1v) is 2.51. The number of ether oxygens (including phenoxy) is 1. The second-order valence-corrected chi connectivity index (χ2v) is 1.63. The van der Waals surface area contributed by atoms with E-state index in [1.807, 2.05) is 0 Å². The van der Waals surface area contributed by atoms with Crippen molar-refractivity contribution < 1.29 is 14.6 Å². The van der Waals surface area contributed by atoms with Gasteiger partial charge in [0.2, 0.25) is 0 Å². The molecule has 0 bridgehead atoms. The van der Waals surface area contributed by atoms with Gasteiger partial charge in [-0.15, -0.1) is 0 Å². The van der Waals surface area contributed by atoms with E-state index in [4.69, 9.17) is 9.84 Å². The molecule has 0 aromatic heterocycles. The highest BCUT2D eigenvalue weighted by molar-refractivity contribution is 5.60. The summed E-state index contributed by atoms with van der Waals surface area (Å²) in [4.78, 5) is 9.99. The summed E-state index contributed by atoms with van der Waals surface area (Å²) in [5, 5.41) is 8.75. The third kappa shape index (κ3) is 1.32. The molecule has 3 heteroatoms. The molecule has 9 heavy (non-hydrogen) atoms. The van der Waals surface area contributed by atoms with Crippen LogP contribution in [-0.4, -0.2) is 17.5 Å². The number of carbonyl (C=O) groups excluding carboxylic acids is 1. The molecule has 1 unspecified atom stereocenters. The summed E-state index contributed by atoms with van der Waals surface area (Å²) in [7, 11) is 0. The predicted molar refractivity (Wildman–Crippen MR) is 30.8 cm³/mol. The van der Waals surface area contributed by atoms with Gasteiger partial charge in [0.05, 0.1) is 6.26 Å². The summed E-state index contributed by atoms with van der Waals surface area (Å²) >= 11 is 0. The van der Waals surface area contributed by atoms with Crippen LogP contribution in [-0.2, 0) is 9.53 Å². The minimum absolute atomic E-state index is 0.0679. The lowest BCUT2D eigenvalue weighted by Crippen LogP contribution is -2.10. The van der Waals surface area contributed by atoms with Crippen LogP contribution < -0.4 is 0 Å². The summed E-state index contributed by atoms with van der Waals surface area (Å²) < 4.78 is 4.71. The van der Waals surface area contributed by atoms with Crippen LogP contribution in [0.15, 0.2) is 24.2 Å². The van der Waals surface area contributed by atoms with Gasteiger partial charge in [-0.25, -0.2) is 0 Å². The van der Waals surface area contributed by atoms with Gasteiger partial charge in [-0.05, 0) is 0 Å². The van der Waals surface area contributed by atoms with Crippen molar-refractivity contribution in [3.63, 3.8) is 0 Å². The number of aliphatic hydroxyl groups excluding tert-OH is 1. The van der Waals surface area contributed by atoms with Crippen LogP contribution >= 0.6 is 0 Å². The van der Waals surface area contributed by atoms with Crippen LogP contribution in [0.4, 0.5) is 0 Å². The van der Waals surface area contributed by atoms with Crippen LogP contribution in [0, 0.1) is 0 Å². The fourth-order valence-electron chi connectivity index (χ4n) is 0.534. The van der Waals surface area contributed by atoms with E-state index < -0.39 is 6.10 Å². The largest absolute Gasteiger partial charge is 0.508 e. The van der Waals surface area contributed by atoms with Crippen LogP contribution in [0.1, 0.15) is 0 Å². The number of carbonyl (C=O) groups is 1. The van der Waals surface area contributed by atoms with Crippen molar-refractivity contribution in [1.29, 1.82) is 0 Å². The summed E-state index contributed by atoms with van der Waals surface area (Å²) in [5.74, 6) is 0.0679. The maximum atomic E-state index is 9.99. The molecule has 1 N–H and O–H groups in total. The number of allylic oxidation sites excluding steroid dienone is 1. The quantitative estimate of drug-likeness (QED) is 0.521. The first-order chi connectivity index (χ1) is 4.33. The van der Waals surface area contributed by atoms with Gasteiger partial charge in [-0.3, -0.25) is 4.79 Å². The third-order valence-corrected chi connectivity index (χ3v) is 0.944. The van der Waals surface area contributed by atoms with E-state index >= 15 is 0 Å². The summed E-state index contributed by atoms with van der Waals surface area (Å²) in [6.45, 7) is 0. The number of aliphatic hydroxyl groups is 1. The molecule has 0 radical (unpaired) electrons. The second kappa shape index (κ2) is 2.35. The van der Waals surface area contributed by atoms with Crippen molar-refractivity contribution in [2.45, 2.75) is 6.10 Å². The molecule has 0 fully saturated rings. The average Bonchev–Trinajstić information content (AvgIpc) is 1.88. The lowest BCUT2D eigenvalue weighted by Gasteiger charge is -2.08. The minimum Gasteiger partial charge on any atom is -0.508 e. The van der Waals surface area contributed by atoms with Gasteiger partial charge in [-0.1, -0.05) is 0 Å². The van der Waals surface area contributed by atoms with E-state index in [0.29, 0.717) is 6.29 Å². The van der Waals surface area contributed by atoms with Crippen molar-refractivity contribution >= 4 is 6.29 Å². The first kappa shape index (κ1) is 5.88. The lowest BCUT2D eigenvalue weighted by molar-refractivity contribution is -0.113. The summed E-state index contributed by atoms with van der Waals surface area (Å²) in [6, 6.07) is 0. The monoisotopic (exact) mass is 126 g/mol. The fourth-order valence-corrected chi connectivity index (χ4v) is 0.534. The Morgan fingerprint density at radius 2 is 2.56 bits per heavy atom. The highest BCUT2D eigenvalue weighted by Crippen LogP contribution is 2.04. The van der Waals surface area contributed by atoms with Crippen molar-refractivity contribution in [2.24, 2.45) is 0 Å². The SMILES string of the molecule is O=CC1C=C(O)C=CO1. The zero-order chi connectivity index (χ0) is 6.69. The number of aldehydes is 1. The van der Waals surface area contributed by atoms with Gasteiger partial charge in [0.15, 0.2) is 12.4 Å². The number of hydrogen-bond donors (Lipinski definition) is 1. The third-order valence-electron chi connectivity index (χ3n) is 0.944. The Balaban J connectivity index is 2.65. The summed E-state index contributed by atoms with van der Waals surface area (Å²) in [5.41, 5.74) is 0. The molecule has 3 nitrogen and oxygen atoms in total. The van der Waals surface area contributed by atoms with Crippen LogP contribution in [0.5, 0.6) is 0 Å². The molecule has 0 saturated carbocycles. The topological polar surface area (TPSA) is 46.5 Å². The Bertz CT molecular complexity index is 169. The molecule has 0 aliphatic carbocycles. The van der Waals surface area contributed by atoms with E-state index in [9.17, 15) is 4.79 Å². The highest BCUT2D eigenvalue weighted by atomic mass is 16.5. The Labute approximate surface area is 52.2 Å². The molecule has 1 atom stereocenters. The molecule has 1 aliphatic rings. The molecule has 0 spiro atoms. The van der Waals surface area contributed by atoms with E-state index in [1.54, 1.807) is 0 Å². The molecule has 1 heterocycles. The molecular formula is C6H6O3. The van der Waals surface area contributed by atoms with Gasteiger partial charge in [0.1, 0.15) is 5.76 Å². The lowest BCUT2D eigenvalue weighted by atomic mass is 10.3. The Kier molecular flexibility index (Phi) is 1.53. The maximum Gasteiger partial charge on any atom is 0.175 e. The van der Waals surface area contributed by atoms with E-state index in [0.717, 1.165) is 0 Å². The Morgan fingerprint density at radius 3 is 3.00 bits per heavy atom. The van der Waals surface area contributed by atoms with Crippen molar-refractivity contribution in [1.82, 2.24) is 0 Å². The zero-order valence-corrected chi connectivity index (χ0v) is 4.65. The first-order valence-electron chi connectivity index (χ1n) is 2.51.